The van der Waals surface area contributed by atoms with Crippen LogP contribution in [-0.2, 0) is 5.88 Å². The van der Waals surface area contributed by atoms with E-state index in [1.807, 2.05) is 18.2 Å². The molecule has 2 aromatic rings. The third-order valence-electron chi connectivity index (χ3n) is 2.94. The van der Waals surface area contributed by atoms with Crippen molar-refractivity contribution in [3.05, 3.63) is 58.3 Å². The fraction of sp³-hybridized carbons (Fsp3) is 0.200. The van der Waals surface area contributed by atoms with Gasteiger partial charge in [0.1, 0.15) is 5.82 Å². The zero-order valence-corrected chi connectivity index (χ0v) is 12.9. The van der Waals surface area contributed by atoms with Crippen molar-refractivity contribution in [2.75, 3.05) is 11.4 Å². The van der Waals surface area contributed by atoms with Crippen LogP contribution in [0.15, 0.2) is 46.9 Å². The summed E-state index contributed by atoms with van der Waals surface area (Å²) in [5, 5.41) is 0. The maximum Gasteiger partial charge on any atom is 0.123 e. The highest BCUT2D eigenvalue weighted by Crippen LogP contribution is 2.32. The van der Waals surface area contributed by atoms with Crippen molar-refractivity contribution in [1.82, 2.24) is 0 Å². The highest BCUT2D eigenvalue weighted by atomic mass is 79.9. The molecule has 0 aliphatic heterocycles. The number of benzene rings is 2. The summed E-state index contributed by atoms with van der Waals surface area (Å²) >= 11 is 9.47. The Balaban J connectivity index is 2.47. The van der Waals surface area contributed by atoms with Gasteiger partial charge in [0, 0.05) is 28.3 Å². The van der Waals surface area contributed by atoms with Crippen LogP contribution in [0.1, 0.15) is 12.5 Å². The van der Waals surface area contributed by atoms with Crippen molar-refractivity contribution in [3.63, 3.8) is 0 Å². The molecular formula is C15H14BrClFN. The molecule has 0 aromatic heterocycles. The predicted molar refractivity (Wildman–Crippen MR) is 82.8 cm³/mol. The Kier molecular flexibility index (Phi) is 4.83. The highest BCUT2D eigenvalue weighted by Gasteiger charge is 2.12. The summed E-state index contributed by atoms with van der Waals surface area (Å²) in [4.78, 5) is 2.11. The smallest absolute Gasteiger partial charge is 0.123 e. The molecular weight excluding hydrogens is 329 g/mol. The van der Waals surface area contributed by atoms with Crippen LogP contribution in [0.25, 0.3) is 0 Å². The molecule has 0 aliphatic carbocycles. The van der Waals surface area contributed by atoms with Gasteiger partial charge >= 0.3 is 0 Å². The molecule has 0 N–H and O–H groups in total. The second kappa shape index (κ2) is 6.40. The van der Waals surface area contributed by atoms with Crippen molar-refractivity contribution >= 4 is 38.9 Å². The van der Waals surface area contributed by atoms with E-state index in [0.717, 1.165) is 28.0 Å². The number of nitrogens with zero attached hydrogens (tertiary/aromatic N) is 1. The summed E-state index contributed by atoms with van der Waals surface area (Å²) in [6.45, 7) is 2.84. The molecule has 4 heteroatoms. The molecule has 0 bridgehead atoms. The van der Waals surface area contributed by atoms with Crippen molar-refractivity contribution < 1.29 is 4.39 Å². The van der Waals surface area contributed by atoms with Gasteiger partial charge in [-0.2, -0.15) is 0 Å². The van der Waals surface area contributed by atoms with Gasteiger partial charge in [0.05, 0.1) is 0 Å². The minimum Gasteiger partial charge on any atom is -0.341 e. The van der Waals surface area contributed by atoms with Crippen molar-refractivity contribution in [1.29, 1.82) is 0 Å². The first kappa shape index (κ1) is 14.4. The Labute approximate surface area is 126 Å². The van der Waals surface area contributed by atoms with E-state index in [4.69, 9.17) is 11.6 Å². The maximum atomic E-state index is 13.0. The number of anilines is 2. The predicted octanol–water partition coefficient (Wildman–Crippen LogP) is 5.49. The topological polar surface area (TPSA) is 3.24 Å². The van der Waals surface area contributed by atoms with Crippen molar-refractivity contribution in [2.45, 2.75) is 12.8 Å². The van der Waals surface area contributed by atoms with E-state index in [2.05, 4.69) is 27.8 Å². The molecule has 0 heterocycles. The molecule has 2 aromatic carbocycles. The van der Waals surface area contributed by atoms with Gasteiger partial charge in [0.2, 0.25) is 0 Å². The summed E-state index contributed by atoms with van der Waals surface area (Å²) in [6, 6.07) is 12.5. The lowest BCUT2D eigenvalue weighted by atomic mass is 10.1. The summed E-state index contributed by atoms with van der Waals surface area (Å²) in [7, 11) is 0. The molecule has 0 unspecified atom stereocenters. The monoisotopic (exact) mass is 341 g/mol. The Morgan fingerprint density at radius 3 is 2.42 bits per heavy atom. The largest absolute Gasteiger partial charge is 0.341 e. The van der Waals surface area contributed by atoms with Gasteiger partial charge in [0.25, 0.3) is 0 Å². The minimum absolute atomic E-state index is 0.230. The van der Waals surface area contributed by atoms with Crippen LogP contribution in [0.2, 0.25) is 0 Å². The number of halogens is 3. The average molecular weight is 343 g/mol. The summed E-state index contributed by atoms with van der Waals surface area (Å²) in [5.74, 6) is 0.215. The second-order valence-corrected chi connectivity index (χ2v) is 5.31. The molecule has 0 saturated carbocycles. The van der Waals surface area contributed by atoms with Gasteiger partial charge < -0.3 is 4.90 Å². The quantitative estimate of drug-likeness (QED) is 0.665. The molecule has 0 aliphatic rings. The van der Waals surface area contributed by atoms with Gasteiger partial charge in [0.15, 0.2) is 0 Å². The number of rotatable bonds is 4. The Morgan fingerprint density at radius 2 is 1.84 bits per heavy atom. The average Bonchev–Trinajstić information content (AvgIpc) is 2.42. The van der Waals surface area contributed by atoms with Crippen molar-refractivity contribution in [3.8, 4) is 0 Å². The van der Waals surface area contributed by atoms with Crippen LogP contribution in [-0.4, -0.2) is 6.54 Å². The second-order valence-electron chi connectivity index (χ2n) is 4.13. The van der Waals surface area contributed by atoms with Crippen LogP contribution >= 0.6 is 27.5 Å². The van der Waals surface area contributed by atoms with Crippen LogP contribution in [0.4, 0.5) is 15.8 Å². The lowest BCUT2D eigenvalue weighted by molar-refractivity contribution is 0.628. The molecule has 19 heavy (non-hydrogen) atoms. The van der Waals surface area contributed by atoms with E-state index in [9.17, 15) is 4.39 Å². The van der Waals surface area contributed by atoms with E-state index in [1.54, 1.807) is 12.1 Å². The van der Waals surface area contributed by atoms with E-state index in [1.165, 1.54) is 12.1 Å². The summed E-state index contributed by atoms with van der Waals surface area (Å²) < 4.78 is 14.0. The van der Waals surface area contributed by atoms with E-state index in [-0.39, 0.29) is 5.82 Å². The molecule has 0 saturated heterocycles. The first-order chi connectivity index (χ1) is 9.15. The molecule has 1 nitrogen and oxygen atoms in total. The van der Waals surface area contributed by atoms with Gasteiger partial charge in [-0.15, -0.1) is 11.6 Å². The Hall–Kier alpha value is -1.06. The van der Waals surface area contributed by atoms with Gasteiger partial charge in [-0.3, -0.25) is 0 Å². The van der Waals surface area contributed by atoms with Crippen LogP contribution in [0.5, 0.6) is 0 Å². The Morgan fingerprint density at radius 1 is 1.16 bits per heavy atom. The molecule has 0 fully saturated rings. The van der Waals surface area contributed by atoms with Gasteiger partial charge in [-0.25, -0.2) is 4.39 Å². The summed E-state index contributed by atoms with van der Waals surface area (Å²) in [6.07, 6.45) is 0. The first-order valence-corrected chi connectivity index (χ1v) is 7.36. The lowest BCUT2D eigenvalue weighted by Crippen LogP contribution is -2.17. The highest BCUT2D eigenvalue weighted by molar-refractivity contribution is 9.10. The van der Waals surface area contributed by atoms with E-state index in [0.29, 0.717) is 5.88 Å². The Bertz CT molecular complexity index is 557. The third kappa shape index (κ3) is 3.28. The molecule has 0 radical (unpaired) electrons. The van der Waals surface area contributed by atoms with Crippen molar-refractivity contribution in [2.24, 2.45) is 0 Å². The van der Waals surface area contributed by atoms with Gasteiger partial charge in [-0.05, 0) is 48.9 Å². The molecule has 0 amide bonds. The minimum atomic E-state index is -0.230. The lowest BCUT2D eigenvalue weighted by Gasteiger charge is -2.25. The molecule has 100 valence electrons. The zero-order chi connectivity index (χ0) is 13.8. The molecule has 2 rings (SSSR count). The zero-order valence-electron chi connectivity index (χ0n) is 10.5. The fourth-order valence-electron chi connectivity index (χ4n) is 2.01. The normalized spacial score (nSPS) is 10.5. The maximum absolute atomic E-state index is 13.0. The van der Waals surface area contributed by atoms with Crippen LogP contribution < -0.4 is 4.90 Å². The fourth-order valence-corrected chi connectivity index (χ4v) is 2.59. The number of hydrogen-bond donors (Lipinski definition) is 0. The summed E-state index contributed by atoms with van der Waals surface area (Å²) in [5.41, 5.74) is 3.04. The van der Waals surface area contributed by atoms with Crippen LogP contribution in [0.3, 0.4) is 0 Å². The van der Waals surface area contributed by atoms with Gasteiger partial charge in [-0.1, -0.05) is 22.0 Å². The third-order valence-corrected chi connectivity index (χ3v) is 3.72. The number of hydrogen-bond acceptors (Lipinski definition) is 1. The standard InChI is InChI=1S/C15H14BrClFN/c1-2-19(14-7-5-13(18)6-8-14)15-9-12(16)4-3-11(15)10-17/h3-9H,2,10H2,1H3. The first-order valence-electron chi connectivity index (χ1n) is 6.03. The van der Waals surface area contributed by atoms with E-state index >= 15 is 0 Å². The molecule has 0 atom stereocenters. The SMILES string of the molecule is CCN(c1ccc(F)cc1)c1cc(Br)ccc1CCl. The molecule has 0 spiro atoms. The number of alkyl halides is 1. The van der Waals surface area contributed by atoms with E-state index < -0.39 is 0 Å². The van der Waals surface area contributed by atoms with Crippen LogP contribution in [0, 0.1) is 5.82 Å².